The van der Waals surface area contributed by atoms with Crippen LogP contribution in [0.1, 0.15) is 43.6 Å². The Morgan fingerprint density at radius 2 is 2.00 bits per heavy atom. The van der Waals surface area contributed by atoms with Crippen LogP contribution in [-0.2, 0) is 0 Å². The summed E-state index contributed by atoms with van der Waals surface area (Å²) in [6.07, 6.45) is 5.06. The fraction of sp³-hybridized carbons (Fsp3) is 0.538. The summed E-state index contributed by atoms with van der Waals surface area (Å²) >= 11 is 3.33. The van der Waals surface area contributed by atoms with Crippen LogP contribution in [0.15, 0.2) is 22.8 Å². The van der Waals surface area contributed by atoms with Gasteiger partial charge in [0, 0.05) is 22.8 Å². The Hall–Kier alpha value is -0.900. The van der Waals surface area contributed by atoms with Gasteiger partial charge in [-0.1, -0.05) is 0 Å². The van der Waals surface area contributed by atoms with Crippen molar-refractivity contribution in [2.45, 2.75) is 45.2 Å². The highest BCUT2D eigenvalue weighted by atomic mass is 79.9. The van der Waals surface area contributed by atoms with E-state index in [9.17, 15) is 4.79 Å². The van der Waals surface area contributed by atoms with Crippen molar-refractivity contribution in [3.63, 3.8) is 0 Å². The van der Waals surface area contributed by atoms with Gasteiger partial charge in [-0.05, 0) is 61.2 Å². The molecule has 0 aliphatic carbocycles. The van der Waals surface area contributed by atoms with Crippen molar-refractivity contribution in [3.05, 3.63) is 28.5 Å². The molecule has 3 nitrogen and oxygen atoms in total. The molecule has 0 unspecified atom stereocenters. The molecule has 0 spiro atoms. The van der Waals surface area contributed by atoms with Gasteiger partial charge >= 0.3 is 0 Å². The van der Waals surface area contributed by atoms with Crippen LogP contribution in [0.5, 0.6) is 0 Å². The third-order valence-electron chi connectivity index (χ3n) is 3.37. The first-order valence-electron chi connectivity index (χ1n) is 6.04. The maximum absolute atomic E-state index is 12.4. The van der Waals surface area contributed by atoms with Crippen molar-refractivity contribution in [3.8, 4) is 0 Å². The standard InChI is InChI=1S/C13H17BrN2O/c1-9-4-3-5-10(2)16(9)13(17)12-7-6-11(14)8-15-12/h6-10H,3-5H2,1-2H3/t9-,10+. The lowest BCUT2D eigenvalue weighted by atomic mass is 9.97. The predicted octanol–water partition coefficient (Wildman–Crippen LogP) is 3.25. The van der Waals surface area contributed by atoms with Crippen molar-refractivity contribution in [2.75, 3.05) is 0 Å². The highest BCUT2D eigenvalue weighted by Gasteiger charge is 2.30. The van der Waals surface area contributed by atoms with Gasteiger partial charge < -0.3 is 4.90 Å². The smallest absolute Gasteiger partial charge is 0.272 e. The average molecular weight is 297 g/mol. The summed E-state index contributed by atoms with van der Waals surface area (Å²) in [6.45, 7) is 4.23. The number of hydrogen-bond donors (Lipinski definition) is 0. The van der Waals surface area contributed by atoms with E-state index in [4.69, 9.17) is 0 Å². The fourth-order valence-electron chi connectivity index (χ4n) is 2.46. The molecule has 0 aromatic carbocycles. The van der Waals surface area contributed by atoms with Crippen LogP contribution in [0.3, 0.4) is 0 Å². The molecule has 2 heterocycles. The molecule has 0 radical (unpaired) electrons. The summed E-state index contributed by atoms with van der Waals surface area (Å²) in [4.78, 5) is 18.5. The SMILES string of the molecule is C[C@@H]1CCC[C@H](C)N1C(=O)c1ccc(Br)cn1. The molecular weight excluding hydrogens is 280 g/mol. The Morgan fingerprint density at radius 1 is 1.35 bits per heavy atom. The van der Waals surface area contributed by atoms with Crippen molar-refractivity contribution in [1.82, 2.24) is 9.88 Å². The molecule has 1 aromatic rings. The van der Waals surface area contributed by atoms with Crippen LogP contribution >= 0.6 is 15.9 Å². The molecule has 0 bridgehead atoms. The first-order valence-corrected chi connectivity index (χ1v) is 6.83. The highest BCUT2D eigenvalue weighted by molar-refractivity contribution is 9.10. The number of halogens is 1. The number of amides is 1. The largest absolute Gasteiger partial charge is 0.332 e. The van der Waals surface area contributed by atoms with E-state index in [2.05, 4.69) is 34.8 Å². The molecule has 1 aromatic heterocycles. The van der Waals surface area contributed by atoms with Crippen LogP contribution < -0.4 is 0 Å². The first kappa shape index (κ1) is 12.6. The molecule has 1 amide bonds. The quantitative estimate of drug-likeness (QED) is 0.797. The molecule has 0 saturated carbocycles. The molecule has 1 aliphatic heterocycles. The van der Waals surface area contributed by atoms with Crippen LogP contribution in [0.4, 0.5) is 0 Å². The number of aromatic nitrogens is 1. The monoisotopic (exact) mass is 296 g/mol. The Balaban J connectivity index is 2.20. The summed E-state index contributed by atoms with van der Waals surface area (Å²) in [5, 5.41) is 0. The van der Waals surface area contributed by atoms with E-state index in [1.165, 1.54) is 6.42 Å². The lowest BCUT2D eigenvalue weighted by molar-refractivity contribution is 0.0504. The molecular formula is C13H17BrN2O. The minimum absolute atomic E-state index is 0.0530. The molecule has 0 N–H and O–H groups in total. The lowest BCUT2D eigenvalue weighted by Crippen LogP contribution is -2.47. The molecule has 92 valence electrons. The number of rotatable bonds is 1. The van der Waals surface area contributed by atoms with Gasteiger partial charge in [-0.2, -0.15) is 0 Å². The zero-order valence-corrected chi connectivity index (χ0v) is 11.8. The third kappa shape index (κ3) is 2.68. The van der Waals surface area contributed by atoms with Crippen molar-refractivity contribution >= 4 is 21.8 Å². The van der Waals surface area contributed by atoms with E-state index in [1.54, 1.807) is 12.3 Å². The molecule has 2 rings (SSSR count). The van der Waals surface area contributed by atoms with E-state index >= 15 is 0 Å². The van der Waals surface area contributed by atoms with Gasteiger partial charge in [0.05, 0.1) is 0 Å². The molecule has 2 atom stereocenters. The molecule has 1 aliphatic rings. The Labute approximate surface area is 110 Å². The lowest BCUT2D eigenvalue weighted by Gasteiger charge is -2.38. The van der Waals surface area contributed by atoms with Crippen molar-refractivity contribution in [1.29, 1.82) is 0 Å². The number of likely N-dealkylation sites (tertiary alicyclic amines) is 1. The number of nitrogens with zero attached hydrogens (tertiary/aromatic N) is 2. The van der Waals surface area contributed by atoms with Crippen molar-refractivity contribution in [2.24, 2.45) is 0 Å². The van der Waals surface area contributed by atoms with Crippen molar-refractivity contribution < 1.29 is 4.79 Å². The zero-order valence-electron chi connectivity index (χ0n) is 10.2. The van der Waals surface area contributed by atoms with Crippen LogP contribution in [0.2, 0.25) is 0 Å². The zero-order chi connectivity index (χ0) is 12.4. The average Bonchev–Trinajstić information content (AvgIpc) is 2.29. The summed E-state index contributed by atoms with van der Waals surface area (Å²) in [5.41, 5.74) is 0.536. The van der Waals surface area contributed by atoms with E-state index in [-0.39, 0.29) is 5.91 Å². The van der Waals surface area contributed by atoms with E-state index < -0.39 is 0 Å². The van der Waals surface area contributed by atoms with Gasteiger partial charge in [-0.15, -0.1) is 0 Å². The fourth-order valence-corrected chi connectivity index (χ4v) is 2.69. The van der Waals surface area contributed by atoms with Gasteiger partial charge in [0.25, 0.3) is 5.91 Å². The number of piperidine rings is 1. The number of carbonyl (C=O) groups excluding carboxylic acids is 1. The van der Waals surface area contributed by atoms with E-state index in [1.807, 2.05) is 11.0 Å². The van der Waals surface area contributed by atoms with E-state index in [0.717, 1.165) is 17.3 Å². The Morgan fingerprint density at radius 3 is 2.53 bits per heavy atom. The molecule has 4 heteroatoms. The summed E-state index contributed by atoms with van der Waals surface area (Å²) in [6, 6.07) is 4.27. The number of hydrogen-bond acceptors (Lipinski definition) is 2. The summed E-state index contributed by atoms with van der Waals surface area (Å²) in [5.74, 6) is 0.0530. The Bertz CT molecular complexity index is 394. The van der Waals surface area contributed by atoms with Gasteiger partial charge in [-0.25, -0.2) is 4.98 Å². The number of carbonyl (C=O) groups is 1. The molecule has 17 heavy (non-hydrogen) atoms. The summed E-state index contributed by atoms with van der Waals surface area (Å²) in [7, 11) is 0. The van der Waals surface area contributed by atoms with Crippen LogP contribution in [0.25, 0.3) is 0 Å². The van der Waals surface area contributed by atoms with Gasteiger partial charge in [0.2, 0.25) is 0 Å². The van der Waals surface area contributed by atoms with Gasteiger partial charge in [0.1, 0.15) is 5.69 Å². The highest BCUT2D eigenvalue weighted by Crippen LogP contribution is 2.24. The molecule has 1 saturated heterocycles. The second kappa shape index (κ2) is 5.17. The Kier molecular flexibility index (Phi) is 3.82. The minimum Gasteiger partial charge on any atom is -0.332 e. The second-order valence-electron chi connectivity index (χ2n) is 4.70. The summed E-state index contributed by atoms with van der Waals surface area (Å²) < 4.78 is 0.897. The van der Waals surface area contributed by atoms with Gasteiger partial charge in [0.15, 0.2) is 0 Å². The first-order chi connectivity index (χ1) is 8.09. The normalized spacial score (nSPS) is 24.8. The van der Waals surface area contributed by atoms with E-state index in [0.29, 0.717) is 17.8 Å². The van der Waals surface area contributed by atoms with Crippen LogP contribution in [-0.4, -0.2) is 27.9 Å². The second-order valence-corrected chi connectivity index (χ2v) is 5.62. The van der Waals surface area contributed by atoms with Gasteiger partial charge in [-0.3, -0.25) is 4.79 Å². The predicted molar refractivity (Wildman–Crippen MR) is 70.9 cm³/mol. The topological polar surface area (TPSA) is 33.2 Å². The maximum Gasteiger partial charge on any atom is 0.272 e. The van der Waals surface area contributed by atoms with Crippen LogP contribution in [0, 0.1) is 0 Å². The minimum atomic E-state index is 0.0530. The third-order valence-corrected chi connectivity index (χ3v) is 3.84. The maximum atomic E-state index is 12.4. The number of pyridine rings is 1. The molecule has 1 fully saturated rings.